The molecule has 0 bridgehead atoms. The van der Waals surface area contributed by atoms with Crippen LogP contribution in [0.1, 0.15) is 5.76 Å². The summed E-state index contributed by atoms with van der Waals surface area (Å²) in [5.41, 5.74) is 0. The molecule has 0 N–H and O–H groups in total. The van der Waals surface area contributed by atoms with Gasteiger partial charge < -0.3 is 4.42 Å². The van der Waals surface area contributed by atoms with Crippen LogP contribution >= 0.6 is 39.5 Å². The van der Waals surface area contributed by atoms with Crippen molar-refractivity contribution < 1.29 is 31.6 Å². The third kappa shape index (κ3) is 9.75. The predicted molar refractivity (Wildman–Crippen MR) is 51.2 cm³/mol. The van der Waals surface area contributed by atoms with Crippen molar-refractivity contribution in [3.63, 3.8) is 0 Å². The zero-order valence-corrected chi connectivity index (χ0v) is 13.3. The average Bonchev–Trinajstić information content (AvgIpc) is 2.20. The number of hydrogen-bond acceptors (Lipinski definition) is 1. The van der Waals surface area contributed by atoms with E-state index < -0.39 is 0 Å². The molecule has 1 nitrogen and oxygen atoms in total. The van der Waals surface area contributed by atoms with E-state index in [0.29, 0.717) is 0 Å². The molecule has 5 heteroatoms. The maximum absolute atomic E-state index is 4.72. The molecule has 58 valence electrons. The monoisotopic (exact) mass is 462 g/mol. The molecule has 0 fully saturated rings. The molecule has 0 aromatic carbocycles. The molecule has 0 aliphatic heterocycles. The molecular formula is C5H5CuI2OZn. The van der Waals surface area contributed by atoms with Gasteiger partial charge in [-0.05, 0) is 5.76 Å². The first-order chi connectivity index (χ1) is 4.31. The van der Waals surface area contributed by atoms with E-state index in [-0.39, 0.29) is 27.2 Å². The molecule has 0 aliphatic carbocycles. The van der Waals surface area contributed by atoms with Gasteiger partial charge in [-0.1, -0.05) is 0 Å². The summed E-state index contributed by atoms with van der Waals surface area (Å²) in [6.07, 6.45) is 1.60. The van der Waals surface area contributed by atoms with Gasteiger partial charge in [-0.15, -0.1) is 6.07 Å². The molecule has 0 amide bonds. The van der Waals surface area contributed by atoms with Crippen LogP contribution in [0.3, 0.4) is 0 Å². The van der Waals surface area contributed by atoms with Gasteiger partial charge in [-0.25, -0.2) is 6.92 Å². The molecule has 0 saturated heterocycles. The van der Waals surface area contributed by atoms with Crippen molar-refractivity contribution in [2.75, 3.05) is 0 Å². The van der Waals surface area contributed by atoms with Crippen LogP contribution in [-0.2, 0) is 27.2 Å². The second-order valence-electron chi connectivity index (χ2n) is 1.18. The van der Waals surface area contributed by atoms with Crippen molar-refractivity contribution in [2.24, 2.45) is 0 Å². The number of rotatable bonds is 0. The molecular weight excluding hydrogens is 459 g/mol. The summed E-state index contributed by atoms with van der Waals surface area (Å²) in [4.78, 5) is 0. The summed E-state index contributed by atoms with van der Waals surface area (Å²) in [5.74, 6) is 0.718. The van der Waals surface area contributed by atoms with E-state index in [1.807, 2.05) is 6.07 Å². The Hall–Kier alpha value is 1.75. The molecule has 1 rings (SSSR count). The summed E-state index contributed by atoms with van der Waals surface area (Å²) in [6.45, 7) is 3.51. The Bertz CT molecular complexity index is 134. The van der Waals surface area contributed by atoms with Crippen LogP contribution in [0, 0.1) is 6.92 Å². The first-order valence-corrected chi connectivity index (χ1v) is 20.4. The summed E-state index contributed by atoms with van der Waals surface area (Å²) in [7, 11) is 0.0650. The van der Waals surface area contributed by atoms with Gasteiger partial charge in [0.1, 0.15) is 0 Å². The van der Waals surface area contributed by atoms with Gasteiger partial charge in [-0.3, -0.25) is 0 Å². The fraction of sp³-hybridized carbons (Fsp3) is 0. The summed E-state index contributed by atoms with van der Waals surface area (Å²) >= 11 is 4.93. The molecule has 0 atom stereocenters. The van der Waals surface area contributed by atoms with Crippen LogP contribution in [0.25, 0.3) is 0 Å². The normalized spacial score (nSPS) is 6.20. The number of hydrogen-bond donors (Lipinski definition) is 0. The minimum absolute atomic E-state index is 0. The van der Waals surface area contributed by atoms with Gasteiger partial charge in [0, 0.05) is 0 Å². The second-order valence-corrected chi connectivity index (χ2v) is 24.7. The summed E-state index contributed by atoms with van der Waals surface area (Å²) in [5, 5.41) is 0. The minimum atomic E-state index is 0. The molecule has 1 aromatic heterocycles. The fourth-order valence-corrected chi connectivity index (χ4v) is 0.313. The number of furan rings is 1. The summed E-state index contributed by atoms with van der Waals surface area (Å²) in [6, 6.07) is 3.61. The van der Waals surface area contributed by atoms with Gasteiger partial charge in [0.2, 0.25) is 0 Å². The van der Waals surface area contributed by atoms with Crippen LogP contribution < -0.4 is 0 Å². The Balaban J connectivity index is 0. The zero-order valence-electron chi connectivity index (χ0n) is 5.11. The van der Waals surface area contributed by atoms with Gasteiger partial charge >= 0.3 is 66.7 Å². The molecule has 1 heterocycles. The number of halogens is 2. The molecule has 0 radical (unpaired) electrons. The van der Waals surface area contributed by atoms with E-state index in [4.69, 9.17) is 4.42 Å². The Morgan fingerprint density at radius 1 is 1.50 bits per heavy atom. The zero-order chi connectivity index (χ0) is 7.11. The van der Waals surface area contributed by atoms with Crippen molar-refractivity contribution >= 4 is 39.5 Å². The van der Waals surface area contributed by atoms with Crippen LogP contribution in [0.15, 0.2) is 22.8 Å². The Morgan fingerprint density at radius 2 is 2.00 bits per heavy atom. The molecule has 10 heavy (non-hydrogen) atoms. The first kappa shape index (κ1) is 14.3. The fourth-order valence-electron chi connectivity index (χ4n) is 0.313. The predicted octanol–water partition coefficient (Wildman–Crippen LogP) is 3.23. The van der Waals surface area contributed by atoms with Crippen molar-refractivity contribution in [2.45, 2.75) is 0 Å². The van der Waals surface area contributed by atoms with Gasteiger partial charge in [0.25, 0.3) is 0 Å². The average molecular weight is 464 g/mol. The van der Waals surface area contributed by atoms with Gasteiger partial charge in [0.15, 0.2) is 0 Å². The third-order valence-corrected chi connectivity index (χ3v) is 0.580. The van der Waals surface area contributed by atoms with Crippen molar-refractivity contribution in [1.29, 1.82) is 0 Å². The molecule has 0 saturated carbocycles. The topological polar surface area (TPSA) is 13.1 Å². The van der Waals surface area contributed by atoms with Crippen molar-refractivity contribution in [3.05, 3.63) is 31.1 Å². The molecule has 0 aliphatic rings. The molecule has 0 unspecified atom stereocenters. The van der Waals surface area contributed by atoms with Crippen LogP contribution in [0.2, 0.25) is 0 Å². The van der Waals surface area contributed by atoms with Crippen LogP contribution in [0.4, 0.5) is 0 Å². The van der Waals surface area contributed by atoms with E-state index in [2.05, 4.69) is 46.4 Å². The SMILES string of the molecule is [CH2-]c1ccco1.[Cu+].[I][Zn][I]. The summed E-state index contributed by atoms with van der Waals surface area (Å²) < 4.78 is 4.72. The first-order valence-electron chi connectivity index (χ1n) is 2.28. The van der Waals surface area contributed by atoms with E-state index in [0.717, 1.165) is 5.76 Å². The van der Waals surface area contributed by atoms with Crippen LogP contribution in [0.5, 0.6) is 0 Å². The van der Waals surface area contributed by atoms with E-state index in [9.17, 15) is 0 Å². The Kier molecular flexibility index (Phi) is 15.4. The van der Waals surface area contributed by atoms with Crippen molar-refractivity contribution in [1.82, 2.24) is 0 Å². The van der Waals surface area contributed by atoms with E-state index >= 15 is 0 Å². The molecule has 1 aromatic rings. The Labute approximate surface area is 101 Å². The quantitative estimate of drug-likeness (QED) is 0.327. The Morgan fingerprint density at radius 3 is 2.10 bits per heavy atom. The van der Waals surface area contributed by atoms with Crippen molar-refractivity contribution in [3.8, 4) is 0 Å². The van der Waals surface area contributed by atoms with Gasteiger partial charge in [0.05, 0.1) is 6.26 Å². The standard InChI is InChI=1S/C5H5O.Cu.2HI.Zn/c1-5-3-2-4-6-5;;;;/h2-4H,1H2;;2*1H;/q-1;+1;;;+2/p-2. The maximum atomic E-state index is 4.72. The third-order valence-electron chi connectivity index (χ3n) is 0.580. The van der Waals surface area contributed by atoms with E-state index in [1.54, 1.807) is 12.3 Å². The van der Waals surface area contributed by atoms with Gasteiger partial charge in [-0.2, -0.15) is 6.07 Å². The second kappa shape index (κ2) is 10.8. The molecule has 0 spiro atoms. The van der Waals surface area contributed by atoms with E-state index in [1.165, 1.54) is 0 Å². The van der Waals surface area contributed by atoms with Crippen LogP contribution in [-0.4, -0.2) is 0 Å².